The molecule has 0 amide bonds. The lowest BCUT2D eigenvalue weighted by Crippen LogP contribution is -2.50. The Morgan fingerprint density at radius 2 is 1.50 bits per heavy atom. The van der Waals surface area contributed by atoms with Crippen LogP contribution < -0.4 is 0 Å². The molecule has 0 radical (unpaired) electrons. The van der Waals surface area contributed by atoms with Crippen molar-refractivity contribution in [1.82, 2.24) is 0 Å². The van der Waals surface area contributed by atoms with E-state index in [0.29, 0.717) is 5.92 Å². The van der Waals surface area contributed by atoms with E-state index in [2.05, 4.69) is 62.4 Å². The third kappa shape index (κ3) is 7.35. The molecule has 200 valence electrons. The SMILES string of the molecule is CCCCCCC[C@H]1CO[C@H](C2(C3CCC(CCCCC)CC3)C=CC(c3ccccc3)=CC2)CO1. The molecular formula is C34H52O2. The lowest BCUT2D eigenvalue weighted by molar-refractivity contribution is -0.178. The molecule has 1 aromatic rings. The molecule has 2 heteroatoms. The highest BCUT2D eigenvalue weighted by atomic mass is 16.6. The van der Waals surface area contributed by atoms with Crippen LogP contribution in [0, 0.1) is 17.3 Å². The second-order valence-corrected chi connectivity index (χ2v) is 11.9. The molecule has 2 nitrogen and oxygen atoms in total. The van der Waals surface area contributed by atoms with Crippen LogP contribution in [-0.4, -0.2) is 25.4 Å². The molecule has 0 bridgehead atoms. The van der Waals surface area contributed by atoms with Crippen LogP contribution in [-0.2, 0) is 9.47 Å². The van der Waals surface area contributed by atoms with Gasteiger partial charge in [-0.25, -0.2) is 0 Å². The van der Waals surface area contributed by atoms with Gasteiger partial charge in [0, 0.05) is 5.41 Å². The van der Waals surface area contributed by atoms with Gasteiger partial charge in [0.15, 0.2) is 0 Å². The van der Waals surface area contributed by atoms with E-state index in [1.807, 2.05) is 0 Å². The second-order valence-electron chi connectivity index (χ2n) is 11.9. The maximum Gasteiger partial charge on any atom is 0.0906 e. The molecule has 1 saturated carbocycles. The van der Waals surface area contributed by atoms with Crippen molar-refractivity contribution >= 4 is 5.57 Å². The van der Waals surface area contributed by atoms with Crippen molar-refractivity contribution in [2.75, 3.05) is 13.2 Å². The summed E-state index contributed by atoms with van der Waals surface area (Å²) in [5, 5.41) is 0. The molecule has 0 aromatic heterocycles. The Morgan fingerprint density at radius 3 is 2.17 bits per heavy atom. The van der Waals surface area contributed by atoms with Gasteiger partial charge in [0.25, 0.3) is 0 Å². The van der Waals surface area contributed by atoms with E-state index in [-0.39, 0.29) is 17.6 Å². The number of rotatable bonds is 13. The van der Waals surface area contributed by atoms with E-state index < -0.39 is 0 Å². The summed E-state index contributed by atoms with van der Waals surface area (Å²) in [6.45, 7) is 6.13. The number of hydrogen-bond donors (Lipinski definition) is 0. The predicted molar refractivity (Wildman–Crippen MR) is 153 cm³/mol. The van der Waals surface area contributed by atoms with Gasteiger partial charge >= 0.3 is 0 Å². The number of benzene rings is 1. The molecule has 0 N–H and O–H groups in total. The zero-order valence-electron chi connectivity index (χ0n) is 23.3. The Hall–Kier alpha value is -1.38. The first-order valence-corrected chi connectivity index (χ1v) is 15.4. The van der Waals surface area contributed by atoms with Crippen LogP contribution in [0.25, 0.3) is 5.57 Å². The van der Waals surface area contributed by atoms with Gasteiger partial charge in [0.05, 0.1) is 25.4 Å². The molecule has 1 unspecified atom stereocenters. The molecule has 1 aromatic carbocycles. The number of unbranched alkanes of at least 4 members (excludes halogenated alkanes) is 6. The summed E-state index contributed by atoms with van der Waals surface area (Å²) in [6, 6.07) is 10.9. The maximum atomic E-state index is 6.71. The summed E-state index contributed by atoms with van der Waals surface area (Å²) in [5.41, 5.74) is 2.77. The molecular weight excluding hydrogens is 440 g/mol. The summed E-state index contributed by atoms with van der Waals surface area (Å²) in [6.07, 6.45) is 27.8. The van der Waals surface area contributed by atoms with Crippen LogP contribution in [0.3, 0.4) is 0 Å². The maximum absolute atomic E-state index is 6.71. The first-order valence-electron chi connectivity index (χ1n) is 15.4. The predicted octanol–water partition coefficient (Wildman–Crippen LogP) is 9.55. The fourth-order valence-electron chi connectivity index (χ4n) is 6.98. The summed E-state index contributed by atoms with van der Waals surface area (Å²) < 4.78 is 13.2. The highest BCUT2D eigenvalue weighted by Crippen LogP contribution is 2.51. The first-order chi connectivity index (χ1) is 17.7. The minimum Gasteiger partial charge on any atom is -0.373 e. The lowest BCUT2D eigenvalue weighted by atomic mass is 9.60. The molecule has 4 rings (SSSR count). The van der Waals surface area contributed by atoms with Crippen molar-refractivity contribution in [2.45, 2.75) is 122 Å². The van der Waals surface area contributed by atoms with Crippen molar-refractivity contribution in [3.8, 4) is 0 Å². The molecule has 0 spiro atoms. The third-order valence-corrected chi connectivity index (χ3v) is 9.37. The largest absolute Gasteiger partial charge is 0.373 e. The Morgan fingerprint density at radius 1 is 0.778 bits per heavy atom. The molecule has 1 heterocycles. The van der Waals surface area contributed by atoms with Crippen molar-refractivity contribution in [2.24, 2.45) is 17.3 Å². The summed E-state index contributed by atoms with van der Waals surface area (Å²) in [5.74, 6) is 1.64. The van der Waals surface area contributed by atoms with Gasteiger partial charge in [0.1, 0.15) is 0 Å². The highest BCUT2D eigenvalue weighted by Gasteiger charge is 2.47. The smallest absolute Gasteiger partial charge is 0.0906 e. The van der Waals surface area contributed by atoms with E-state index >= 15 is 0 Å². The van der Waals surface area contributed by atoms with Crippen LogP contribution in [0.2, 0.25) is 0 Å². The minimum atomic E-state index is 0.0821. The van der Waals surface area contributed by atoms with Crippen LogP contribution in [0.4, 0.5) is 0 Å². The van der Waals surface area contributed by atoms with Crippen molar-refractivity contribution in [3.63, 3.8) is 0 Å². The van der Waals surface area contributed by atoms with Gasteiger partial charge < -0.3 is 9.47 Å². The highest BCUT2D eigenvalue weighted by molar-refractivity contribution is 5.75. The number of allylic oxidation sites excluding steroid dienone is 3. The lowest BCUT2D eigenvalue weighted by Gasteiger charge is -2.49. The van der Waals surface area contributed by atoms with Gasteiger partial charge in [-0.15, -0.1) is 0 Å². The molecule has 2 fully saturated rings. The van der Waals surface area contributed by atoms with Gasteiger partial charge in [-0.2, -0.15) is 0 Å². The van der Waals surface area contributed by atoms with E-state index in [0.717, 1.165) is 32.0 Å². The van der Waals surface area contributed by atoms with Crippen LogP contribution >= 0.6 is 0 Å². The average Bonchev–Trinajstić information content (AvgIpc) is 2.94. The molecule has 1 saturated heterocycles. The minimum absolute atomic E-state index is 0.0821. The molecule has 3 atom stereocenters. The van der Waals surface area contributed by atoms with Crippen molar-refractivity contribution in [3.05, 3.63) is 54.1 Å². The fraction of sp³-hybridized carbons (Fsp3) is 0.706. The van der Waals surface area contributed by atoms with Crippen molar-refractivity contribution in [1.29, 1.82) is 0 Å². The van der Waals surface area contributed by atoms with E-state index in [9.17, 15) is 0 Å². The van der Waals surface area contributed by atoms with Gasteiger partial charge in [-0.3, -0.25) is 0 Å². The summed E-state index contributed by atoms with van der Waals surface area (Å²) in [4.78, 5) is 0. The zero-order chi connectivity index (χ0) is 25.1. The van der Waals surface area contributed by atoms with E-state index in [1.165, 1.54) is 94.6 Å². The first kappa shape index (κ1) is 27.6. The van der Waals surface area contributed by atoms with Crippen LogP contribution in [0.15, 0.2) is 48.6 Å². The van der Waals surface area contributed by atoms with Gasteiger partial charge in [-0.1, -0.05) is 133 Å². The standard InChI is InChI=1S/C34H52O2/c1-3-5-7-8-13-17-32-26-36-33(27-35-32)34(31-20-18-28(19-21-31)14-10-6-4-2)24-22-30(23-25-34)29-15-11-9-12-16-29/h9,11-12,15-16,22-24,28,31-33H,3-8,10,13-14,17-21,25-27H2,1-2H3/t28?,31?,32-,33-,34?/m0/s1. The molecule has 1 aliphatic heterocycles. The summed E-state index contributed by atoms with van der Waals surface area (Å²) in [7, 11) is 0. The number of hydrogen-bond acceptors (Lipinski definition) is 2. The normalized spacial score (nSPS) is 30.8. The van der Waals surface area contributed by atoms with Crippen molar-refractivity contribution < 1.29 is 9.47 Å². The Balaban J connectivity index is 1.38. The second kappa shape index (κ2) is 14.5. The van der Waals surface area contributed by atoms with Gasteiger partial charge in [-0.05, 0) is 48.7 Å². The zero-order valence-corrected chi connectivity index (χ0v) is 23.3. The van der Waals surface area contributed by atoms with Gasteiger partial charge in [0.2, 0.25) is 0 Å². The molecule has 3 aliphatic rings. The third-order valence-electron chi connectivity index (χ3n) is 9.37. The number of ether oxygens (including phenoxy) is 2. The van der Waals surface area contributed by atoms with Crippen LogP contribution in [0.5, 0.6) is 0 Å². The quantitative estimate of drug-likeness (QED) is 0.255. The Labute approximate surface area is 221 Å². The van der Waals surface area contributed by atoms with E-state index in [4.69, 9.17) is 9.47 Å². The summed E-state index contributed by atoms with van der Waals surface area (Å²) >= 11 is 0. The molecule has 2 aliphatic carbocycles. The Kier molecular flexibility index (Phi) is 11.2. The topological polar surface area (TPSA) is 18.5 Å². The Bertz CT molecular complexity index is 796. The average molecular weight is 493 g/mol. The monoisotopic (exact) mass is 492 g/mol. The van der Waals surface area contributed by atoms with E-state index in [1.54, 1.807) is 0 Å². The fourth-order valence-corrected chi connectivity index (χ4v) is 6.98. The van der Waals surface area contributed by atoms with Crippen LogP contribution in [0.1, 0.15) is 116 Å². The molecule has 36 heavy (non-hydrogen) atoms.